The number of rotatable bonds is 2. The van der Waals surface area contributed by atoms with Crippen molar-refractivity contribution in [3.05, 3.63) is 29.8 Å². The zero-order valence-electron chi connectivity index (χ0n) is 12.4. The summed E-state index contributed by atoms with van der Waals surface area (Å²) in [5.41, 5.74) is 2.43. The Balaban J connectivity index is 1.40. The molecule has 2 atom stereocenters. The van der Waals surface area contributed by atoms with E-state index in [4.69, 9.17) is 0 Å². The number of piperidine rings is 1. The molecule has 21 heavy (non-hydrogen) atoms. The number of nitrogens with zero attached hydrogens (tertiary/aromatic N) is 2. The molecule has 0 radical (unpaired) electrons. The Bertz CT molecular complexity index is 545. The van der Waals surface area contributed by atoms with Crippen molar-refractivity contribution >= 4 is 11.6 Å². The summed E-state index contributed by atoms with van der Waals surface area (Å²) in [6, 6.07) is 9.00. The number of anilines is 1. The molecule has 3 aliphatic heterocycles. The first-order chi connectivity index (χ1) is 10.3. The van der Waals surface area contributed by atoms with Crippen LogP contribution < -0.4 is 10.2 Å². The monoisotopic (exact) mass is 285 g/mol. The molecule has 1 aromatic rings. The zero-order valence-corrected chi connectivity index (χ0v) is 12.4. The molecule has 3 aliphatic rings. The molecule has 0 spiro atoms. The molecule has 2 saturated heterocycles. The summed E-state index contributed by atoms with van der Waals surface area (Å²) in [4.78, 5) is 17.0. The first-order valence-corrected chi connectivity index (χ1v) is 8.15. The molecule has 4 rings (SSSR count). The van der Waals surface area contributed by atoms with Gasteiger partial charge >= 0.3 is 0 Å². The van der Waals surface area contributed by atoms with Crippen LogP contribution in [0.4, 0.5) is 5.69 Å². The molecule has 2 unspecified atom stereocenters. The van der Waals surface area contributed by atoms with Crippen LogP contribution in [0.15, 0.2) is 24.3 Å². The molecule has 4 nitrogen and oxygen atoms in total. The van der Waals surface area contributed by atoms with Gasteiger partial charge in [-0.15, -0.1) is 0 Å². The van der Waals surface area contributed by atoms with Crippen LogP contribution in [-0.2, 0) is 11.2 Å². The van der Waals surface area contributed by atoms with Crippen LogP contribution in [0.2, 0.25) is 0 Å². The number of carbonyl (C=O) groups is 1. The maximum absolute atomic E-state index is 12.6. The minimum atomic E-state index is 0.268. The summed E-state index contributed by atoms with van der Waals surface area (Å²) >= 11 is 0. The normalized spacial score (nSPS) is 28.5. The predicted molar refractivity (Wildman–Crippen MR) is 83.5 cm³/mol. The van der Waals surface area contributed by atoms with Crippen LogP contribution in [0.1, 0.15) is 18.4 Å². The van der Waals surface area contributed by atoms with Gasteiger partial charge in [0.25, 0.3) is 0 Å². The Labute approximate surface area is 126 Å². The number of para-hydroxylation sites is 1. The van der Waals surface area contributed by atoms with Crippen molar-refractivity contribution in [3.8, 4) is 0 Å². The number of hydrogen-bond donors (Lipinski definition) is 1. The number of benzene rings is 1. The number of nitrogens with one attached hydrogen (secondary N) is 1. The van der Waals surface area contributed by atoms with Crippen LogP contribution in [0.5, 0.6) is 0 Å². The molecule has 0 saturated carbocycles. The number of carbonyl (C=O) groups excluding carboxylic acids is 1. The maximum atomic E-state index is 12.6. The van der Waals surface area contributed by atoms with Gasteiger partial charge in [0.1, 0.15) is 0 Å². The molecule has 1 aromatic carbocycles. The van der Waals surface area contributed by atoms with E-state index >= 15 is 0 Å². The van der Waals surface area contributed by atoms with Crippen molar-refractivity contribution < 1.29 is 4.79 Å². The van der Waals surface area contributed by atoms with Crippen LogP contribution in [-0.4, -0.2) is 49.6 Å². The third kappa shape index (κ3) is 2.47. The Kier molecular flexibility index (Phi) is 3.43. The van der Waals surface area contributed by atoms with Crippen molar-refractivity contribution in [2.24, 2.45) is 5.92 Å². The fourth-order valence-electron chi connectivity index (χ4n) is 4.14. The summed E-state index contributed by atoms with van der Waals surface area (Å²) in [6.07, 6.45) is 3.45. The predicted octanol–water partition coefficient (Wildman–Crippen LogP) is 1.26. The third-order valence-electron chi connectivity index (χ3n) is 5.29. The lowest BCUT2D eigenvalue weighted by atomic mass is 9.93. The van der Waals surface area contributed by atoms with Crippen molar-refractivity contribution in [3.63, 3.8) is 0 Å². The van der Waals surface area contributed by atoms with Gasteiger partial charge in [0.05, 0.1) is 6.54 Å². The highest BCUT2D eigenvalue weighted by atomic mass is 16.2. The fourth-order valence-corrected chi connectivity index (χ4v) is 4.14. The molecule has 0 bridgehead atoms. The summed E-state index contributed by atoms with van der Waals surface area (Å²) in [5.74, 6) is 1.02. The van der Waals surface area contributed by atoms with Gasteiger partial charge in [-0.25, -0.2) is 0 Å². The largest absolute Gasteiger partial charge is 0.314 e. The molecule has 0 aromatic heterocycles. The minimum Gasteiger partial charge on any atom is -0.314 e. The molecule has 0 aliphatic carbocycles. The average molecular weight is 285 g/mol. The molecular weight excluding hydrogens is 262 g/mol. The van der Waals surface area contributed by atoms with Crippen molar-refractivity contribution in [1.29, 1.82) is 0 Å². The molecule has 3 heterocycles. The smallest absolute Gasteiger partial charge is 0.241 e. The number of hydrogen-bond acceptors (Lipinski definition) is 3. The second-order valence-electron chi connectivity index (χ2n) is 6.56. The highest BCUT2D eigenvalue weighted by molar-refractivity contribution is 5.96. The molecule has 1 N–H and O–H groups in total. The van der Waals surface area contributed by atoms with E-state index in [2.05, 4.69) is 28.4 Å². The second kappa shape index (κ2) is 5.43. The minimum absolute atomic E-state index is 0.268. The summed E-state index contributed by atoms with van der Waals surface area (Å²) in [6.45, 7) is 4.71. The molecule has 112 valence electrons. The Morgan fingerprint density at radius 2 is 2.14 bits per heavy atom. The van der Waals surface area contributed by atoms with Crippen LogP contribution in [0, 0.1) is 5.92 Å². The van der Waals surface area contributed by atoms with E-state index in [9.17, 15) is 4.79 Å². The van der Waals surface area contributed by atoms with E-state index in [1.165, 1.54) is 18.4 Å². The summed E-state index contributed by atoms with van der Waals surface area (Å²) in [7, 11) is 0. The van der Waals surface area contributed by atoms with E-state index < -0.39 is 0 Å². The average Bonchev–Trinajstić information content (AvgIpc) is 3.13. The lowest BCUT2D eigenvalue weighted by Gasteiger charge is -2.35. The maximum Gasteiger partial charge on any atom is 0.241 e. The molecular formula is C17H23N3O. The highest BCUT2D eigenvalue weighted by Crippen LogP contribution is 2.28. The van der Waals surface area contributed by atoms with Gasteiger partial charge in [-0.05, 0) is 43.4 Å². The van der Waals surface area contributed by atoms with E-state index in [-0.39, 0.29) is 5.91 Å². The van der Waals surface area contributed by atoms with E-state index in [0.29, 0.717) is 12.6 Å². The van der Waals surface area contributed by atoms with E-state index in [0.717, 1.165) is 44.2 Å². The SMILES string of the molecule is O=C(CN1CCC2NCCC2C1)N1CCc2ccccc21. The van der Waals surface area contributed by atoms with Gasteiger partial charge in [0.15, 0.2) is 0 Å². The highest BCUT2D eigenvalue weighted by Gasteiger charge is 2.34. The van der Waals surface area contributed by atoms with Crippen LogP contribution >= 0.6 is 0 Å². The summed E-state index contributed by atoms with van der Waals surface area (Å²) < 4.78 is 0. The van der Waals surface area contributed by atoms with Gasteiger partial charge in [-0.1, -0.05) is 18.2 Å². The quantitative estimate of drug-likeness (QED) is 0.888. The number of likely N-dealkylation sites (tertiary alicyclic amines) is 1. The molecule has 2 fully saturated rings. The van der Waals surface area contributed by atoms with E-state index in [1.54, 1.807) is 0 Å². The Hall–Kier alpha value is -1.39. The van der Waals surface area contributed by atoms with Crippen LogP contribution in [0.25, 0.3) is 0 Å². The molecule has 4 heteroatoms. The van der Waals surface area contributed by atoms with Gasteiger partial charge in [-0.3, -0.25) is 9.69 Å². The number of amides is 1. The zero-order chi connectivity index (χ0) is 14.2. The van der Waals surface area contributed by atoms with Gasteiger partial charge in [0.2, 0.25) is 5.91 Å². The van der Waals surface area contributed by atoms with Gasteiger partial charge in [0, 0.05) is 31.4 Å². The van der Waals surface area contributed by atoms with Gasteiger partial charge in [-0.2, -0.15) is 0 Å². The lowest BCUT2D eigenvalue weighted by Crippen LogP contribution is -2.48. The van der Waals surface area contributed by atoms with E-state index in [1.807, 2.05) is 11.0 Å². The Morgan fingerprint density at radius 1 is 1.24 bits per heavy atom. The van der Waals surface area contributed by atoms with Crippen LogP contribution in [0.3, 0.4) is 0 Å². The summed E-state index contributed by atoms with van der Waals surface area (Å²) in [5, 5.41) is 3.58. The van der Waals surface area contributed by atoms with Crippen molar-refractivity contribution in [2.45, 2.75) is 25.3 Å². The number of fused-ring (bicyclic) bond motifs is 2. The van der Waals surface area contributed by atoms with Crippen molar-refractivity contribution in [2.75, 3.05) is 37.6 Å². The first kappa shape index (κ1) is 13.3. The molecule has 1 amide bonds. The lowest BCUT2D eigenvalue weighted by molar-refractivity contribution is -0.120. The van der Waals surface area contributed by atoms with Crippen molar-refractivity contribution in [1.82, 2.24) is 10.2 Å². The topological polar surface area (TPSA) is 35.6 Å². The third-order valence-corrected chi connectivity index (χ3v) is 5.29. The second-order valence-corrected chi connectivity index (χ2v) is 6.56. The van der Waals surface area contributed by atoms with Gasteiger partial charge < -0.3 is 10.2 Å². The Morgan fingerprint density at radius 3 is 3.10 bits per heavy atom. The fraction of sp³-hybridized carbons (Fsp3) is 0.588. The standard InChI is InChI=1S/C17H23N3O/c21-17(20-10-6-13-3-1-2-4-16(13)20)12-19-9-7-15-14(11-19)5-8-18-15/h1-4,14-15,18H,5-12H2. The first-order valence-electron chi connectivity index (χ1n) is 8.15.